The van der Waals surface area contributed by atoms with E-state index in [1.807, 2.05) is 6.08 Å². The van der Waals surface area contributed by atoms with Crippen LogP contribution in [-0.4, -0.2) is 142 Å². The van der Waals surface area contributed by atoms with Crippen molar-refractivity contribution in [3.05, 3.63) is 24.3 Å². The zero-order valence-electron chi connectivity index (χ0n) is 35.7. The van der Waals surface area contributed by atoms with Crippen molar-refractivity contribution in [1.29, 1.82) is 0 Å². The van der Waals surface area contributed by atoms with Crippen LogP contribution in [0.25, 0.3) is 0 Å². The number of carbonyl (C=O) groups is 2. The highest BCUT2D eigenvalue weighted by Crippen LogP contribution is 2.26. The minimum atomic E-state index is -1.77. The van der Waals surface area contributed by atoms with Gasteiger partial charge in [-0.25, -0.2) is 4.79 Å². The summed E-state index contributed by atoms with van der Waals surface area (Å²) in [5.41, 5.74) is 0. The average Bonchev–Trinajstić information content (AvgIpc) is 3.23. The molecule has 344 valence electrons. The molecular formula is C44H78O15. The quantitative estimate of drug-likeness (QED) is 0.0210. The molecule has 0 radical (unpaired) electrons. The molecule has 15 nitrogen and oxygen atoms in total. The second-order valence-corrected chi connectivity index (χ2v) is 16.0. The Kier molecular flexibility index (Phi) is 29.4. The molecule has 0 aliphatic carbocycles. The maximum atomic E-state index is 12.8. The van der Waals surface area contributed by atoms with Crippen LogP contribution in [-0.2, 0) is 38.0 Å². The molecule has 2 saturated heterocycles. The molecule has 11 atom stereocenters. The Balaban J connectivity index is 1.87. The number of hydrogen-bond donors (Lipinski definition) is 7. The van der Waals surface area contributed by atoms with Crippen molar-refractivity contribution in [3.63, 3.8) is 0 Å². The third kappa shape index (κ3) is 22.1. The summed E-state index contributed by atoms with van der Waals surface area (Å²) in [5, 5.41) is 71.7. The lowest BCUT2D eigenvalue weighted by Gasteiger charge is -2.42. The average molecular weight is 847 g/mol. The van der Waals surface area contributed by atoms with Crippen LogP contribution in [0.1, 0.15) is 149 Å². The smallest absolute Gasteiger partial charge is 0.330 e. The molecule has 0 amide bonds. The third-order valence-electron chi connectivity index (χ3n) is 10.8. The summed E-state index contributed by atoms with van der Waals surface area (Å²) < 4.78 is 33.2. The molecule has 7 N–H and O–H groups in total. The molecule has 15 heteroatoms. The van der Waals surface area contributed by atoms with Gasteiger partial charge < -0.3 is 64.2 Å². The summed E-state index contributed by atoms with van der Waals surface area (Å²) in [5.74, 6) is -1.18. The fourth-order valence-corrected chi connectivity index (χ4v) is 7.01. The number of carbonyl (C=O) groups excluding carboxylic acids is 2. The molecule has 2 aliphatic heterocycles. The maximum Gasteiger partial charge on any atom is 0.330 e. The van der Waals surface area contributed by atoms with Gasteiger partial charge in [0.2, 0.25) is 0 Å². The Bertz CT molecular complexity index is 1140. The van der Waals surface area contributed by atoms with E-state index in [1.54, 1.807) is 12.2 Å². The molecule has 0 spiro atoms. The lowest BCUT2D eigenvalue weighted by atomic mass is 9.98. The number of aliphatic hydroxyl groups is 7. The Labute approximate surface area is 352 Å². The molecule has 2 aliphatic rings. The van der Waals surface area contributed by atoms with Gasteiger partial charge in [0.05, 0.1) is 19.8 Å². The third-order valence-corrected chi connectivity index (χ3v) is 10.8. The minimum absolute atomic E-state index is 0.147. The number of rotatable bonds is 33. The molecular weight excluding hydrogens is 768 g/mol. The minimum Gasteiger partial charge on any atom is -0.458 e. The van der Waals surface area contributed by atoms with Crippen LogP contribution in [0, 0.1) is 0 Å². The first-order valence-corrected chi connectivity index (χ1v) is 22.5. The van der Waals surface area contributed by atoms with Crippen LogP contribution < -0.4 is 0 Å². The molecule has 2 rings (SSSR count). The second kappa shape index (κ2) is 32.7. The van der Waals surface area contributed by atoms with Gasteiger partial charge in [-0.3, -0.25) is 4.79 Å². The molecule has 2 fully saturated rings. The van der Waals surface area contributed by atoms with Crippen LogP contribution >= 0.6 is 0 Å². The van der Waals surface area contributed by atoms with Gasteiger partial charge >= 0.3 is 11.9 Å². The number of aliphatic hydroxyl groups excluding tert-OH is 7. The maximum absolute atomic E-state index is 12.8. The summed E-state index contributed by atoms with van der Waals surface area (Å²) in [7, 11) is 0. The van der Waals surface area contributed by atoms with Crippen molar-refractivity contribution in [2.24, 2.45) is 0 Å². The monoisotopic (exact) mass is 847 g/mol. The lowest BCUT2D eigenvalue weighted by molar-refractivity contribution is -0.332. The molecule has 0 aromatic carbocycles. The van der Waals surface area contributed by atoms with Crippen LogP contribution in [0.15, 0.2) is 24.3 Å². The van der Waals surface area contributed by atoms with E-state index < -0.39 is 99.3 Å². The first kappa shape index (κ1) is 53.1. The SMILES string of the molecule is CCCCCCCCCCCCC/C=C/C=C/C(=O)OC[C@H](CO[C@@H]1O[C@H](CO[C@@H]2O[C@H](CO)[C@H](O)C(O)C2O)[C@H](O)C(O)C1O)OC(=O)CCCCCCCCCC. The molecule has 59 heavy (non-hydrogen) atoms. The van der Waals surface area contributed by atoms with Crippen LogP contribution in [0.4, 0.5) is 0 Å². The van der Waals surface area contributed by atoms with E-state index >= 15 is 0 Å². The number of unbranched alkanes of at least 4 members (excludes halogenated alkanes) is 18. The zero-order chi connectivity index (χ0) is 43.3. The molecule has 0 saturated carbocycles. The Hall–Kier alpha value is -2.02. The van der Waals surface area contributed by atoms with Crippen molar-refractivity contribution >= 4 is 11.9 Å². The van der Waals surface area contributed by atoms with E-state index in [9.17, 15) is 45.3 Å². The van der Waals surface area contributed by atoms with Gasteiger partial charge in [-0.1, -0.05) is 141 Å². The Morgan fingerprint density at radius 3 is 1.63 bits per heavy atom. The van der Waals surface area contributed by atoms with Crippen molar-refractivity contribution in [3.8, 4) is 0 Å². The fraction of sp³-hybridized carbons (Fsp3) is 0.864. The fourth-order valence-electron chi connectivity index (χ4n) is 7.01. The number of ether oxygens (including phenoxy) is 6. The largest absolute Gasteiger partial charge is 0.458 e. The first-order chi connectivity index (χ1) is 28.5. The normalized spacial score (nSPS) is 28.0. The van der Waals surface area contributed by atoms with Crippen LogP contribution in [0.2, 0.25) is 0 Å². The van der Waals surface area contributed by atoms with Gasteiger partial charge in [-0.2, -0.15) is 0 Å². The molecule has 0 bridgehead atoms. The zero-order valence-corrected chi connectivity index (χ0v) is 35.7. The van der Waals surface area contributed by atoms with E-state index in [4.69, 9.17) is 28.4 Å². The summed E-state index contributed by atoms with van der Waals surface area (Å²) in [6.07, 6.45) is 13.1. The molecule has 4 unspecified atom stereocenters. The Morgan fingerprint density at radius 2 is 1.07 bits per heavy atom. The van der Waals surface area contributed by atoms with Crippen LogP contribution in [0.5, 0.6) is 0 Å². The lowest BCUT2D eigenvalue weighted by Crippen LogP contribution is -2.61. The van der Waals surface area contributed by atoms with Gasteiger partial charge in [0.1, 0.15) is 55.4 Å². The van der Waals surface area contributed by atoms with E-state index in [2.05, 4.69) is 13.8 Å². The van der Waals surface area contributed by atoms with Gasteiger partial charge in [-0.05, 0) is 19.3 Å². The number of hydrogen-bond acceptors (Lipinski definition) is 15. The predicted octanol–water partition coefficient (Wildman–Crippen LogP) is 4.43. The first-order valence-electron chi connectivity index (χ1n) is 22.5. The van der Waals surface area contributed by atoms with Gasteiger partial charge in [-0.15, -0.1) is 0 Å². The number of allylic oxidation sites excluding steroid dienone is 3. The summed E-state index contributed by atoms with van der Waals surface area (Å²) in [4.78, 5) is 25.4. The van der Waals surface area contributed by atoms with E-state index in [0.29, 0.717) is 6.42 Å². The van der Waals surface area contributed by atoms with Crippen molar-refractivity contribution in [2.45, 2.75) is 216 Å². The highest BCUT2D eigenvalue weighted by molar-refractivity contribution is 5.82. The summed E-state index contributed by atoms with van der Waals surface area (Å²) >= 11 is 0. The number of esters is 2. The molecule has 0 aromatic rings. The standard InChI is InChI=1S/C44H78O15/c1-3-5-7-9-11-13-14-15-16-17-18-19-21-22-24-26-35(46)54-29-32(57-36(47)27-25-23-20-12-10-8-6-4-2)30-55-43-42(53)40(51)38(49)34(59-43)31-56-44-41(52)39(50)37(48)33(28-45)58-44/h21-22,24,26,32-34,37-45,48-53H,3-20,23,25,27-31H2,1-2H3/b22-21+,26-24+/t32-,33-,34-,37+,38+,39?,40?,41?,42?,43-,44-/m1/s1. The topological polar surface area (TPSA) is 231 Å². The van der Waals surface area contributed by atoms with E-state index in [1.165, 1.54) is 89.5 Å². The van der Waals surface area contributed by atoms with Gasteiger partial charge in [0, 0.05) is 12.5 Å². The van der Waals surface area contributed by atoms with Gasteiger partial charge in [0.25, 0.3) is 0 Å². The Morgan fingerprint density at radius 1 is 0.576 bits per heavy atom. The van der Waals surface area contributed by atoms with E-state index in [-0.39, 0.29) is 13.0 Å². The highest BCUT2D eigenvalue weighted by Gasteiger charge is 2.47. The second-order valence-electron chi connectivity index (χ2n) is 16.0. The van der Waals surface area contributed by atoms with E-state index in [0.717, 1.165) is 38.5 Å². The predicted molar refractivity (Wildman–Crippen MR) is 220 cm³/mol. The highest BCUT2D eigenvalue weighted by atomic mass is 16.7. The van der Waals surface area contributed by atoms with Gasteiger partial charge in [0.15, 0.2) is 18.7 Å². The van der Waals surface area contributed by atoms with Crippen molar-refractivity contribution < 1.29 is 73.8 Å². The molecule has 2 heterocycles. The van der Waals surface area contributed by atoms with Crippen molar-refractivity contribution in [2.75, 3.05) is 26.4 Å². The summed E-state index contributed by atoms with van der Waals surface area (Å²) in [6, 6.07) is 0. The van der Waals surface area contributed by atoms with Crippen molar-refractivity contribution in [1.82, 2.24) is 0 Å². The van der Waals surface area contributed by atoms with Crippen LogP contribution in [0.3, 0.4) is 0 Å². The molecule has 0 aromatic heterocycles. The summed E-state index contributed by atoms with van der Waals surface area (Å²) in [6.45, 7) is 2.40.